The number of carbonyl (C=O) groups is 3. The minimum absolute atomic E-state index is 0.0257. The fraction of sp³-hybridized carbons (Fsp3) is 0.351. The Morgan fingerprint density at radius 3 is 2.46 bits per heavy atom. The van der Waals surface area contributed by atoms with Gasteiger partial charge in [-0.3, -0.25) is 14.4 Å². The highest BCUT2D eigenvalue weighted by molar-refractivity contribution is 6.39. The van der Waals surface area contributed by atoms with Gasteiger partial charge in [0.05, 0.1) is 11.6 Å². The SMILES string of the molecule is Cc1cc(F)ccc1NC(=O)C(=O)N1CCCOc2ccc(cc2Cl)CNc2nc(nc(OCC(F)(F)F)n2)Cc2ccc(cc2)C(=O)NCC(C)(C)C1. The van der Waals surface area contributed by atoms with Crippen LogP contribution in [0.25, 0.3) is 0 Å². The molecule has 286 valence electrons. The van der Waals surface area contributed by atoms with Gasteiger partial charge in [-0.15, -0.1) is 0 Å². The maximum absolute atomic E-state index is 13.6. The van der Waals surface area contributed by atoms with Gasteiger partial charge in [-0.05, 0) is 77.9 Å². The second kappa shape index (κ2) is 17.1. The van der Waals surface area contributed by atoms with E-state index in [1.807, 2.05) is 13.8 Å². The average molecular weight is 772 g/mol. The molecule has 54 heavy (non-hydrogen) atoms. The van der Waals surface area contributed by atoms with Crippen LogP contribution in [0.15, 0.2) is 60.7 Å². The molecule has 0 spiro atoms. The van der Waals surface area contributed by atoms with Gasteiger partial charge in [0.15, 0.2) is 6.61 Å². The number of hydrogen-bond acceptors (Lipinski definition) is 9. The molecule has 0 atom stereocenters. The monoisotopic (exact) mass is 771 g/mol. The average Bonchev–Trinajstić information content (AvgIpc) is 3.11. The Morgan fingerprint density at radius 2 is 1.76 bits per heavy atom. The van der Waals surface area contributed by atoms with Gasteiger partial charge < -0.3 is 30.3 Å². The number of ether oxygens (including phenoxy) is 2. The van der Waals surface area contributed by atoms with Crippen molar-refractivity contribution in [2.45, 2.75) is 46.3 Å². The molecule has 5 heterocycles. The van der Waals surface area contributed by atoms with Crippen LogP contribution in [0.4, 0.5) is 29.2 Å². The highest BCUT2D eigenvalue weighted by Gasteiger charge is 2.30. The lowest BCUT2D eigenvalue weighted by molar-refractivity contribution is -0.154. The smallest absolute Gasteiger partial charge is 0.422 e. The van der Waals surface area contributed by atoms with Crippen LogP contribution in [-0.2, 0) is 22.6 Å². The highest BCUT2D eigenvalue weighted by atomic mass is 35.5. The standard InChI is InChI=1S/C37H38ClF4N7O5/c1-22-15-26(39)10-11-28(22)45-32(51)33(52)49-13-4-14-53-29-12-7-24(16-27(29)38)18-43-34-46-30(47-35(48-34)54-21-37(40,41)42)17-23-5-8-25(9-6-23)31(50)44-19-36(2,3)20-49/h5-12,15-16H,4,13-14,17-21H2,1-3H3,(H,44,50)(H,45,51)(H,43,46,47,48). The normalized spacial score (nSPS) is 15.3. The lowest BCUT2D eigenvalue weighted by Gasteiger charge is -2.32. The lowest BCUT2D eigenvalue weighted by atomic mass is 9.92. The lowest BCUT2D eigenvalue weighted by Crippen LogP contribution is -2.48. The van der Waals surface area contributed by atoms with E-state index in [4.69, 9.17) is 21.1 Å². The number of aryl methyl sites for hydroxylation is 1. The Balaban J connectivity index is 1.38. The first-order chi connectivity index (χ1) is 25.5. The van der Waals surface area contributed by atoms with E-state index < -0.39 is 47.7 Å². The zero-order chi connectivity index (χ0) is 39.0. The highest BCUT2D eigenvalue weighted by Crippen LogP contribution is 2.27. The van der Waals surface area contributed by atoms with Gasteiger partial charge in [-0.1, -0.05) is 43.6 Å². The van der Waals surface area contributed by atoms with Crippen LogP contribution in [0.5, 0.6) is 11.8 Å². The van der Waals surface area contributed by atoms with E-state index in [0.29, 0.717) is 40.1 Å². The summed E-state index contributed by atoms with van der Waals surface area (Å²) in [5, 5.41) is 8.69. The minimum atomic E-state index is -4.61. The zero-order valence-electron chi connectivity index (χ0n) is 29.7. The summed E-state index contributed by atoms with van der Waals surface area (Å²) in [5.74, 6) is -2.12. The number of benzene rings is 3. The van der Waals surface area contributed by atoms with Crippen LogP contribution in [0.1, 0.15) is 53.1 Å². The molecule has 0 radical (unpaired) electrons. The minimum Gasteiger partial charge on any atom is -0.492 e. The van der Waals surface area contributed by atoms with Crippen LogP contribution >= 0.6 is 11.6 Å². The summed E-state index contributed by atoms with van der Waals surface area (Å²) in [5.41, 5.74) is 1.71. The fourth-order valence-corrected chi connectivity index (χ4v) is 5.70. The van der Waals surface area contributed by atoms with Crippen molar-refractivity contribution in [2.75, 3.05) is 43.5 Å². The summed E-state index contributed by atoms with van der Waals surface area (Å²) in [4.78, 5) is 53.6. The van der Waals surface area contributed by atoms with Crippen LogP contribution in [-0.4, -0.2) is 76.6 Å². The predicted molar refractivity (Wildman–Crippen MR) is 192 cm³/mol. The number of hydrogen-bond donors (Lipinski definition) is 3. The number of aromatic nitrogens is 3. The second-order valence-electron chi connectivity index (χ2n) is 13.4. The van der Waals surface area contributed by atoms with Crippen LogP contribution in [0, 0.1) is 18.2 Å². The fourth-order valence-electron chi connectivity index (χ4n) is 5.45. The number of anilines is 2. The number of halogens is 5. The number of amides is 3. The van der Waals surface area contributed by atoms with Crippen molar-refractivity contribution in [3.63, 3.8) is 0 Å². The van der Waals surface area contributed by atoms with Crippen molar-refractivity contribution in [1.82, 2.24) is 25.2 Å². The van der Waals surface area contributed by atoms with Crippen LogP contribution in [0.2, 0.25) is 5.02 Å². The quantitative estimate of drug-likeness (QED) is 0.166. The summed E-state index contributed by atoms with van der Waals surface area (Å²) >= 11 is 6.51. The Morgan fingerprint density at radius 1 is 1.02 bits per heavy atom. The zero-order valence-corrected chi connectivity index (χ0v) is 30.4. The maximum Gasteiger partial charge on any atom is 0.422 e. The molecule has 0 unspecified atom stereocenters. The molecule has 0 aliphatic carbocycles. The van der Waals surface area contributed by atoms with Crippen molar-refractivity contribution >= 4 is 41.0 Å². The molecule has 3 N–H and O–H groups in total. The molecule has 1 aromatic heterocycles. The Labute approximate surface area is 313 Å². The van der Waals surface area contributed by atoms with Gasteiger partial charge in [-0.2, -0.15) is 28.1 Å². The first-order valence-electron chi connectivity index (χ1n) is 16.9. The maximum atomic E-state index is 13.6. The predicted octanol–water partition coefficient (Wildman–Crippen LogP) is 6.12. The Hall–Kier alpha value is -5.51. The summed E-state index contributed by atoms with van der Waals surface area (Å²) in [6.45, 7) is 4.31. The van der Waals surface area contributed by atoms with E-state index in [1.165, 1.54) is 23.1 Å². The van der Waals surface area contributed by atoms with Crippen molar-refractivity contribution < 1.29 is 41.4 Å². The molecule has 8 rings (SSSR count). The van der Waals surface area contributed by atoms with Crippen molar-refractivity contribution in [2.24, 2.45) is 5.41 Å². The molecular formula is C37H38ClF4N7O5. The van der Waals surface area contributed by atoms with Gasteiger partial charge in [0.25, 0.3) is 5.91 Å². The van der Waals surface area contributed by atoms with E-state index in [0.717, 1.165) is 0 Å². The van der Waals surface area contributed by atoms with E-state index in [1.54, 1.807) is 49.4 Å². The summed E-state index contributed by atoms with van der Waals surface area (Å²) in [6.07, 6.45) is -4.21. The summed E-state index contributed by atoms with van der Waals surface area (Å²) in [7, 11) is 0. The number of carbonyl (C=O) groups excluding carboxylic acids is 3. The van der Waals surface area contributed by atoms with Gasteiger partial charge in [0, 0.05) is 43.9 Å². The largest absolute Gasteiger partial charge is 0.492 e. The molecule has 17 heteroatoms. The molecule has 3 aromatic carbocycles. The van der Waals surface area contributed by atoms with E-state index in [2.05, 4.69) is 30.9 Å². The second-order valence-corrected chi connectivity index (χ2v) is 13.8. The van der Waals surface area contributed by atoms with E-state index in [-0.39, 0.29) is 56.0 Å². The topological polar surface area (TPSA) is 148 Å². The van der Waals surface area contributed by atoms with Gasteiger partial charge in [0.1, 0.15) is 17.4 Å². The van der Waals surface area contributed by atoms with Crippen molar-refractivity contribution in [3.05, 3.63) is 99.6 Å². The Kier molecular flexibility index (Phi) is 12.6. The molecule has 0 saturated heterocycles. The third kappa shape index (κ3) is 11.5. The molecule has 4 aliphatic rings. The summed E-state index contributed by atoms with van der Waals surface area (Å²) in [6, 6.07) is 14.8. The Bertz CT molecular complexity index is 2000. The molecule has 0 fully saturated rings. The van der Waals surface area contributed by atoms with Gasteiger partial charge >= 0.3 is 24.0 Å². The van der Waals surface area contributed by atoms with Crippen LogP contribution in [0.3, 0.4) is 0 Å². The van der Waals surface area contributed by atoms with Gasteiger partial charge in [-0.25, -0.2) is 4.39 Å². The third-order valence-electron chi connectivity index (χ3n) is 8.15. The first-order valence-corrected chi connectivity index (χ1v) is 17.2. The number of nitrogens with one attached hydrogen (secondary N) is 3. The summed E-state index contributed by atoms with van der Waals surface area (Å²) < 4.78 is 63.1. The molecular weight excluding hydrogens is 734 g/mol. The molecule has 6 bridgehead atoms. The van der Waals surface area contributed by atoms with Crippen molar-refractivity contribution in [3.8, 4) is 11.8 Å². The molecule has 4 aromatic rings. The number of nitrogens with zero attached hydrogens (tertiary/aromatic N) is 4. The third-order valence-corrected chi connectivity index (χ3v) is 8.44. The molecule has 3 amide bonds. The van der Waals surface area contributed by atoms with Gasteiger partial charge in [0.2, 0.25) is 5.95 Å². The van der Waals surface area contributed by atoms with E-state index in [9.17, 15) is 31.9 Å². The van der Waals surface area contributed by atoms with E-state index >= 15 is 0 Å². The first kappa shape index (κ1) is 39.7. The number of alkyl halides is 3. The van der Waals surface area contributed by atoms with Crippen LogP contribution < -0.4 is 25.4 Å². The number of rotatable bonds is 3. The van der Waals surface area contributed by atoms with Crippen molar-refractivity contribution in [1.29, 1.82) is 0 Å². The molecule has 0 saturated carbocycles. The molecule has 4 aliphatic heterocycles. The molecule has 12 nitrogen and oxygen atoms in total.